The Morgan fingerprint density at radius 3 is 2.69 bits per heavy atom. The van der Waals surface area contributed by atoms with Crippen LogP contribution in [0.1, 0.15) is 38.3 Å². The van der Waals surface area contributed by atoms with E-state index in [4.69, 9.17) is 10.5 Å². The molecular weight excluding hydrogens is 454 g/mol. The molecule has 0 saturated carbocycles. The van der Waals surface area contributed by atoms with Gasteiger partial charge in [0.1, 0.15) is 18.3 Å². The van der Waals surface area contributed by atoms with Gasteiger partial charge in [-0.3, -0.25) is 9.59 Å². The summed E-state index contributed by atoms with van der Waals surface area (Å²) < 4.78 is 5.26. The van der Waals surface area contributed by atoms with Crippen LogP contribution in [-0.2, 0) is 25.7 Å². The molecule has 0 bridgehead atoms. The van der Waals surface area contributed by atoms with Crippen molar-refractivity contribution in [3.63, 3.8) is 0 Å². The van der Waals surface area contributed by atoms with E-state index in [-0.39, 0.29) is 36.1 Å². The van der Waals surface area contributed by atoms with Crippen LogP contribution < -0.4 is 5.73 Å². The Hall–Kier alpha value is -2.21. The van der Waals surface area contributed by atoms with E-state index in [1.165, 1.54) is 28.0 Å². The molecule has 32 heavy (non-hydrogen) atoms. The number of carboxylic acid groups (broad SMARTS) is 1. The van der Waals surface area contributed by atoms with Gasteiger partial charge >= 0.3 is 11.9 Å². The lowest BCUT2D eigenvalue weighted by molar-refractivity contribution is -0.163. The predicted octanol–water partition coefficient (Wildman–Crippen LogP) is 2.03. The molecule has 5 atom stereocenters. The maximum atomic E-state index is 12.4. The number of nitrogens with two attached hydrogens (primary N) is 1. The Bertz CT molecular complexity index is 970. The fourth-order valence-electron chi connectivity index (χ4n) is 3.88. The van der Waals surface area contributed by atoms with Crippen LogP contribution in [0.3, 0.4) is 0 Å². The number of carbonyl (C=O) groups excluding carboxylic acids is 2. The summed E-state index contributed by atoms with van der Waals surface area (Å²) in [5.74, 6) is -2.87. The Morgan fingerprint density at radius 1 is 1.41 bits per heavy atom. The molecule has 0 aliphatic carbocycles. The number of aliphatic hydroxyl groups excluding tert-OH is 1. The van der Waals surface area contributed by atoms with Crippen molar-refractivity contribution < 1.29 is 29.3 Å². The van der Waals surface area contributed by atoms with Crippen molar-refractivity contribution in [2.45, 2.75) is 52.5 Å². The van der Waals surface area contributed by atoms with Gasteiger partial charge in [-0.15, -0.1) is 11.3 Å². The van der Waals surface area contributed by atoms with Crippen molar-refractivity contribution in [1.82, 2.24) is 9.88 Å². The number of hydrogen-bond donors (Lipinski definition) is 3. The standard InChI is InChI=1S/C21H27N3O6S2/c1-9(2)15(22)21(29)30-7-12-13(32-8-23-12)5-6-31-18-10(3)16-14(11(4)25)19(26)24(16)17(18)20(27)28/h5-6,8-11,14-16,25H,7,22H2,1-4H3,(H,27,28)/b6-5-/t10-,11-,14-,15+,16-/m1/s1. The first-order valence-corrected chi connectivity index (χ1v) is 12.0. The molecule has 0 spiro atoms. The smallest absolute Gasteiger partial charge is 0.353 e. The van der Waals surface area contributed by atoms with Crippen LogP contribution in [-0.4, -0.2) is 56.1 Å². The van der Waals surface area contributed by atoms with Crippen LogP contribution in [0.25, 0.3) is 6.08 Å². The Morgan fingerprint density at radius 2 is 2.09 bits per heavy atom. The van der Waals surface area contributed by atoms with Crippen LogP contribution in [0.2, 0.25) is 0 Å². The van der Waals surface area contributed by atoms with Crippen molar-refractivity contribution in [1.29, 1.82) is 0 Å². The van der Waals surface area contributed by atoms with Gasteiger partial charge in [-0.2, -0.15) is 0 Å². The average molecular weight is 482 g/mol. The van der Waals surface area contributed by atoms with Crippen LogP contribution in [0.4, 0.5) is 0 Å². The van der Waals surface area contributed by atoms with Gasteiger partial charge in [-0.25, -0.2) is 9.78 Å². The molecule has 2 aliphatic heterocycles. The SMILES string of the molecule is CC(C)[C@H](N)C(=O)OCc1ncsc1/C=C\SC1=C(C(=O)O)N2C(=O)[C@H]([C@@H](C)O)[C@H]2[C@H]1C. The van der Waals surface area contributed by atoms with E-state index in [0.717, 1.165) is 4.88 Å². The lowest BCUT2D eigenvalue weighted by atomic mass is 9.79. The molecule has 3 heterocycles. The van der Waals surface area contributed by atoms with E-state index in [1.807, 2.05) is 20.8 Å². The number of thiazole rings is 1. The molecule has 4 N–H and O–H groups in total. The molecule has 1 amide bonds. The minimum Gasteiger partial charge on any atom is -0.477 e. The van der Waals surface area contributed by atoms with Gasteiger partial charge in [0.25, 0.3) is 0 Å². The first kappa shape index (κ1) is 24.4. The predicted molar refractivity (Wildman–Crippen MR) is 121 cm³/mol. The molecular formula is C21H27N3O6S2. The van der Waals surface area contributed by atoms with Crippen molar-refractivity contribution in [3.8, 4) is 0 Å². The van der Waals surface area contributed by atoms with Crippen molar-refractivity contribution in [2.24, 2.45) is 23.5 Å². The third kappa shape index (κ3) is 4.47. The number of nitrogens with zero attached hydrogens (tertiary/aromatic N) is 2. The van der Waals surface area contributed by atoms with Crippen LogP contribution >= 0.6 is 23.1 Å². The molecule has 0 unspecified atom stereocenters. The summed E-state index contributed by atoms with van der Waals surface area (Å²) >= 11 is 2.59. The maximum absolute atomic E-state index is 12.4. The van der Waals surface area contributed by atoms with Crippen molar-refractivity contribution in [3.05, 3.63) is 32.1 Å². The Balaban J connectivity index is 1.70. The molecule has 2 aliphatic rings. The number of carboxylic acids is 1. The third-order valence-corrected chi connectivity index (χ3v) is 7.67. The van der Waals surface area contributed by atoms with Gasteiger partial charge in [-0.05, 0) is 24.3 Å². The number of fused-ring (bicyclic) bond motifs is 1. The number of rotatable bonds is 9. The normalized spacial score (nSPS) is 24.7. The van der Waals surface area contributed by atoms with E-state index < -0.39 is 30.0 Å². The van der Waals surface area contributed by atoms with Gasteiger partial charge in [0.2, 0.25) is 5.91 Å². The summed E-state index contributed by atoms with van der Waals surface area (Å²) in [5.41, 5.74) is 7.98. The zero-order valence-corrected chi connectivity index (χ0v) is 19.9. The summed E-state index contributed by atoms with van der Waals surface area (Å²) in [6, 6.07) is -1.06. The first-order valence-electron chi connectivity index (χ1n) is 10.2. The fraction of sp³-hybridized carbons (Fsp3) is 0.524. The molecule has 1 saturated heterocycles. The van der Waals surface area contributed by atoms with E-state index in [0.29, 0.717) is 10.6 Å². The van der Waals surface area contributed by atoms with Crippen LogP contribution in [0.5, 0.6) is 0 Å². The number of carbonyl (C=O) groups is 3. The first-order chi connectivity index (χ1) is 15.1. The average Bonchev–Trinajstić information content (AvgIpc) is 3.26. The zero-order chi connectivity index (χ0) is 23.7. The van der Waals surface area contributed by atoms with Gasteiger partial charge in [0, 0.05) is 10.8 Å². The monoisotopic (exact) mass is 481 g/mol. The highest BCUT2D eigenvalue weighted by molar-refractivity contribution is 8.06. The topological polar surface area (TPSA) is 143 Å². The summed E-state index contributed by atoms with van der Waals surface area (Å²) in [4.78, 5) is 43.1. The van der Waals surface area contributed by atoms with Gasteiger partial charge in [-0.1, -0.05) is 32.5 Å². The summed E-state index contributed by atoms with van der Waals surface area (Å²) in [7, 11) is 0. The third-order valence-electron chi connectivity index (χ3n) is 5.74. The van der Waals surface area contributed by atoms with Gasteiger partial charge in [0.05, 0.1) is 34.1 Å². The molecule has 0 radical (unpaired) electrons. The van der Waals surface area contributed by atoms with Crippen molar-refractivity contribution in [2.75, 3.05) is 0 Å². The summed E-state index contributed by atoms with van der Waals surface area (Å²) in [6.07, 6.45) is 0.934. The van der Waals surface area contributed by atoms with Crippen LogP contribution in [0, 0.1) is 17.8 Å². The van der Waals surface area contributed by atoms with E-state index in [9.17, 15) is 24.6 Å². The molecule has 3 rings (SSSR count). The van der Waals surface area contributed by atoms with E-state index in [1.54, 1.807) is 23.9 Å². The Labute approximate surface area is 194 Å². The Kier molecular flexibility index (Phi) is 7.43. The second-order valence-electron chi connectivity index (χ2n) is 8.23. The molecule has 0 aromatic carbocycles. The number of ether oxygens (including phenoxy) is 1. The lowest BCUT2D eigenvalue weighted by Gasteiger charge is -2.46. The second-order valence-corrected chi connectivity index (χ2v) is 10.1. The molecule has 174 valence electrons. The van der Waals surface area contributed by atoms with Crippen LogP contribution in [0.15, 0.2) is 21.5 Å². The number of hydrogen-bond acceptors (Lipinski definition) is 9. The number of aliphatic carboxylic acids is 1. The zero-order valence-electron chi connectivity index (χ0n) is 18.2. The highest BCUT2D eigenvalue weighted by Crippen LogP contribution is 2.50. The molecule has 1 aromatic rings. The minimum absolute atomic E-state index is 0.00695. The second kappa shape index (κ2) is 9.74. The number of aliphatic hydroxyl groups is 1. The molecule has 1 aromatic heterocycles. The van der Waals surface area contributed by atoms with Gasteiger partial charge in [0.15, 0.2) is 0 Å². The van der Waals surface area contributed by atoms with E-state index in [2.05, 4.69) is 4.98 Å². The number of aromatic nitrogens is 1. The van der Waals surface area contributed by atoms with Crippen molar-refractivity contribution >= 4 is 47.0 Å². The lowest BCUT2D eigenvalue weighted by Crippen LogP contribution is -2.63. The summed E-state index contributed by atoms with van der Waals surface area (Å²) in [5, 5.41) is 21.3. The number of β-lactam (4-membered cyclic amide) rings is 1. The minimum atomic E-state index is -1.17. The largest absolute Gasteiger partial charge is 0.477 e. The van der Waals surface area contributed by atoms with E-state index >= 15 is 0 Å². The molecule has 9 nitrogen and oxygen atoms in total. The fourth-order valence-corrected chi connectivity index (χ4v) is 5.65. The molecule has 11 heteroatoms. The summed E-state index contributed by atoms with van der Waals surface area (Å²) in [6.45, 7) is 7.08. The molecule has 1 fully saturated rings. The highest BCUT2D eigenvalue weighted by Gasteiger charge is 2.59. The quantitative estimate of drug-likeness (QED) is 0.356. The maximum Gasteiger partial charge on any atom is 0.353 e. The van der Waals surface area contributed by atoms with Gasteiger partial charge < -0.3 is 25.6 Å². The number of esters is 1. The number of amides is 1. The number of thioether (sulfide) groups is 1. The highest BCUT2D eigenvalue weighted by atomic mass is 32.2.